The normalized spacial score (nSPS) is 24.2. The smallest absolute Gasteiger partial charge is 0.410 e. The highest BCUT2D eigenvalue weighted by Gasteiger charge is 2.59. The molecule has 3 aromatic carbocycles. The summed E-state index contributed by atoms with van der Waals surface area (Å²) < 4.78 is 36.1. The van der Waals surface area contributed by atoms with Gasteiger partial charge < -0.3 is 33.5 Å². The van der Waals surface area contributed by atoms with E-state index in [2.05, 4.69) is 5.32 Å². The summed E-state index contributed by atoms with van der Waals surface area (Å²) in [6.45, 7) is 5.99. The van der Waals surface area contributed by atoms with Gasteiger partial charge in [0.1, 0.15) is 23.9 Å². The topological polar surface area (TPSA) is 105 Å². The zero-order valence-corrected chi connectivity index (χ0v) is 24.6. The fourth-order valence-corrected chi connectivity index (χ4v) is 4.70. The van der Waals surface area contributed by atoms with Crippen LogP contribution < -0.4 is 5.32 Å². The highest BCUT2D eigenvalue weighted by Crippen LogP contribution is 2.34. The first kappa shape index (κ1) is 31.6. The van der Waals surface area contributed by atoms with E-state index in [4.69, 9.17) is 28.4 Å². The van der Waals surface area contributed by atoms with Crippen LogP contribution in [0.2, 0.25) is 0 Å². The van der Waals surface area contributed by atoms with Crippen LogP contribution in [0.25, 0.3) is 0 Å². The van der Waals surface area contributed by atoms with Crippen LogP contribution >= 0.6 is 0 Å². The van der Waals surface area contributed by atoms with Crippen molar-refractivity contribution in [2.45, 2.75) is 76.5 Å². The number of aliphatic hydroxyl groups is 1. The third-order valence-corrected chi connectivity index (χ3v) is 6.62. The fourth-order valence-electron chi connectivity index (χ4n) is 4.70. The Bertz CT molecular complexity index is 1220. The van der Waals surface area contributed by atoms with Gasteiger partial charge in [-0.15, -0.1) is 0 Å². The van der Waals surface area contributed by atoms with Gasteiger partial charge in [-0.25, -0.2) is 4.79 Å². The summed E-state index contributed by atoms with van der Waals surface area (Å²) in [4.78, 5) is 13.0. The van der Waals surface area contributed by atoms with E-state index in [9.17, 15) is 9.90 Å². The van der Waals surface area contributed by atoms with Gasteiger partial charge in [0, 0.05) is 7.11 Å². The Balaban J connectivity index is 1.64. The summed E-state index contributed by atoms with van der Waals surface area (Å²) in [6.07, 6.45) is -4.92. The van der Waals surface area contributed by atoms with E-state index in [1.165, 1.54) is 7.11 Å². The van der Waals surface area contributed by atoms with E-state index in [1.54, 1.807) is 20.8 Å². The van der Waals surface area contributed by atoms with Gasteiger partial charge in [0.15, 0.2) is 0 Å². The van der Waals surface area contributed by atoms with Crippen LogP contribution in [-0.4, -0.2) is 60.8 Å². The second kappa shape index (κ2) is 14.7. The van der Waals surface area contributed by atoms with Crippen LogP contribution in [-0.2, 0) is 48.2 Å². The number of hydrogen-bond donors (Lipinski definition) is 2. The molecule has 3 aromatic rings. The van der Waals surface area contributed by atoms with Crippen molar-refractivity contribution in [3.63, 3.8) is 0 Å². The Morgan fingerprint density at radius 3 is 1.83 bits per heavy atom. The summed E-state index contributed by atoms with van der Waals surface area (Å²) in [5.74, 6) is 0. The van der Waals surface area contributed by atoms with Crippen LogP contribution in [0, 0.1) is 0 Å². The quantitative estimate of drug-likeness (QED) is 0.290. The monoisotopic (exact) mass is 579 g/mol. The van der Waals surface area contributed by atoms with Gasteiger partial charge in [-0.2, -0.15) is 0 Å². The molecule has 5 atom stereocenters. The third kappa shape index (κ3) is 8.84. The van der Waals surface area contributed by atoms with Gasteiger partial charge in [-0.3, -0.25) is 5.32 Å². The molecule has 1 heterocycles. The summed E-state index contributed by atoms with van der Waals surface area (Å²) in [7, 11) is 1.38. The molecule has 1 fully saturated rings. The average Bonchev–Trinajstić information content (AvgIpc) is 2.97. The molecular formula is C33H41NO8. The third-order valence-electron chi connectivity index (χ3n) is 6.62. The predicted molar refractivity (Wildman–Crippen MR) is 156 cm³/mol. The molecule has 1 saturated heterocycles. The molecule has 1 aliphatic heterocycles. The number of carbonyl (C=O) groups excluding carboxylic acids is 1. The SMILES string of the molecule is CO[C@@H]1O[C@H](COCc2ccccc2)[C@H](OCc2ccccc2)[C@H](OCc2ccccc2)[C@]1(O)NC(=O)OC(C)(C)C. The van der Waals surface area contributed by atoms with Crippen molar-refractivity contribution < 1.29 is 38.3 Å². The molecule has 1 amide bonds. The number of amides is 1. The molecule has 0 aliphatic carbocycles. The van der Waals surface area contributed by atoms with Gasteiger partial charge in [-0.1, -0.05) is 91.0 Å². The molecule has 0 saturated carbocycles. The molecular weight excluding hydrogens is 538 g/mol. The molecule has 0 spiro atoms. The lowest BCUT2D eigenvalue weighted by atomic mass is 9.92. The standard InChI is InChI=1S/C33H41NO8/c1-32(2,3)42-31(35)34-33(36)29(40-22-26-18-12-7-13-19-26)28(39-21-25-16-10-6-11-17-25)27(41-30(33)37-4)23-38-20-24-14-8-5-9-15-24/h5-19,27-30,36H,20-23H2,1-4H3,(H,34,35)/t27-,28+,29+,30-,33-/m1/s1. The van der Waals surface area contributed by atoms with Crippen molar-refractivity contribution in [3.05, 3.63) is 108 Å². The van der Waals surface area contributed by atoms with Crippen molar-refractivity contribution in [1.29, 1.82) is 0 Å². The van der Waals surface area contributed by atoms with Gasteiger partial charge in [-0.05, 0) is 37.5 Å². The molecule has 226 valence electrons. The fraction of sp³-hybridized carbons (Fsp3) is 0.424. The number of carbonyl (C=O) groups is 1. The molecule has 9 nitrogen and oxygen atoms in total. The Kier molecular flexibility index (Phi) is 11.1. The van der Waals surface area contributed by atoms with E-state index in [0.717, 1.165) is 16.7 Å². The minimum atomic E-state index is -2.18. The highest BCUT2D eigenvalue weighted by molar-refractivity contribution is 5.68. The van der Waals surface area contributed by atoms with Crippen LogP contribution in [0.3, 0.4) is 0 Å². The largest absolute Gasteiger partial charge is 0.444 e. The van der Waals surface area contributed by atoms with Crippen molar-refractivity contribution in [2.75, 3.05) is 13.7 Å². The zero-order chi connectivity index (χ0) is 30.0. The lowest BCUT2D eigenvalue weighted by molar-refractivity contribution is -0.357. The number of methoxy groups -OCH3 is 1. The van der Waals surface area contributed by atoms with Crippen molar-refractivity contribution in [1.82, 2.24) is 5.32 Å². The molecule has 0 aromatic heterocycles. The Morgan fingerprint density at radius 2 is 1.33 bits per heavy atom. The lowest BCUT2D eigenvalue weighted by Gasteiger charge is -2.50. The van der Waals surface area contributed by atoms with Crippen LogP contribution in [0.4, 0.5) is 4.79 Å². The number of nitrogens with one attached hydrogen (secondary N) is 1. The maximum absolute atomic E-state index is 13.0. The molecule has 42 heavy (non-hydrogen) atoms. The van der Waals surface area contributed by atoms with Crippen LogP contribution in [0.1, 0.15) is 37.5 Å². The number of alkyl carbamates (subject to hydrolysis) is 1. The highest BCUT2D eigenvalue weighted by atomic mass is 16.7. The first-order valence-corrected chi connectivity index (χ1v) is 14.0. The van der Waals surface area contributed by atoms with Gasteiger partial charge in [0.05, 0.1) is 26.4 Å². The molecule has 9 heteroatoms. The molecule has 4 rings (SSSR count). The van der Waals surface area contributed by atoms with Crippen LogP contribution in [0.15, 0.2) is 91.0 Å². The number of ether oxygens (including phenoxy) is 6. The Labute approximate surface area is 247 Å². The summed E-state index contributed by atoms with van der Waals surface area (Å²) >= 11 is 0. The van der Waals surface area contributed by atoms with E-state index >= 15 is 0 Å². The molecule has 0 unspecified atom stereocenters. The maximum Gasteiger partial charge on any atom is 0.410 e. The predicted octanol–water partition coefficient (Wildman–Crippen LogP) is 4.96. The number of benzene rings is 3. The minimum absolute atomic E-state index is 0.113. The molecule has 0 radical (unpaired) electrons. The van der Waals surface area contributed by atoms with Gasteiger partial charge in [0.25, 0.3) is 0 Å². The van der Waals surface area contributed by atoms with E-state index < -0.39 is 42.0 Å². The summed E-state index contributed by atoms with van der Waals surface area (Å²) in [5.41, 5.74) is -0.200. The van der Waals surface area contributed by atoms with Crippen molar-refractivity contribution in [2.24, 2.45) is 0 Å². The lowest BCUT2D eigenvalue weighted by Crippen LogP contribution is -2.74. The van der Waals surface area contributed by atoms with Crippen molar-refractivity contribution in [3.8, 4) is 0 Å². The van der Waals surface area contributed by atoms with Crippen molar-refractivity contribution >= 4 is 6.09 Å². The van der Waals surface area contributed by atoms with E-state index in [0.29, 0.717) is 6.61 Å². The Hall–Kier alpha value is -3.31. The summed E-state index contributed by atoms with van der Waals surface area (Å²) in [6, 6.07) is 28.9. The maximum atomic E-state index is 13.0. The van der Waals surface area contributed by atoms with Gasteiger partial charge >= 0.3 is 6.09 Å². The first-order valence-electron chi connectivity index (χ1n) is 14.0. The molecule has 1 aliphatic rings. The van der Waals surface area contributed by atoms with E-state index in [1.807, 2.05) is 91.0 Å². The van der Waals surface area contributed by atoms with Gasteiger partial charge in [0.2, 0.25) is 12.0 Å². The first-order chi connectivity index (χ1) is 20.2. The Morgan fingerprint density at radius 1 is 0.833 bits per heavy atom. The van der Waals surface area contributed by atoms with E-state index in [-0.39, 0.29) is 19.8 Å². The zero-order valence-electron chi connectivity index (χ0n) is 24.6. The minimum Gasteiger partial charge on any atom is -0.444 e. The average molecular weight is 580 g/mol. The molecule has 0 bridgehead atoms. The van der Waals surface area contributed by atoms with Crippen LogP contribution in [0.5, 0.6) is 0 Å². The number of rotatable bonds is 12. The number of hydrogen-bond acceptors (Lipinski definition) is 8. The molecule has 2 N–H and O–H groups in total. The second-order valence-electron chi connectivity index (χ2n) is 11.2. The second-order valence-corrected chi connectivity index (χ2v) is 11.2. The summed E-state index contributed by atoms with van der Waals surface area (Å²) in [5, 5.41) is 14.7.